The molecule has 19 heavy (non-hydrogen) atoms. The van der Waals surface area contributed by atoms with Crippen LogP contribution in [0.15, 0.2) is 0 Å². The topological polar surface area (TPSA) is 146 Å². The Kier molecular flexibility index (Phi) is 18.6. The van der Waals surface area contributed by atoms with Gasteiger partial charge < -0.3 is 37.6 Å². The van der Waals surface area contributed by atoms with Crippen LogP contribution in [0.5, 0.6) is 0 Å². The van der Waals surface area contributed by atoms with Crippen molar-refractivity contribution in [2.75, 3.05) is 52.4 Å². The summed E-state index contributed by atoms with van der Waals surface area (Å²) in [5.74, 6) is -1.19. The molecule has 0 saturated heterocycles. The molecule has 0 amide bonds. The highest BCUT2D eigenvalue weighted by molar-refractivity contribution is 5.71. The highest BCUT2D eigenvalue weighted by Gasteiger charge is 2.01. The Morgan fingerprint density at radius 1 is 0.947 bits per heavy atom. The van der Waals surface area contributed by atoms with E-state index in [-0.39, 0.29) is 0 Å². The van der Waals surface area contributed by atoms with Crippen molar-refractivity contribution in [2.45, 2.75) is 13.0 Å². The standard InChI is InChI=1S/C8H23N5.C3H6O3/c9-1-3-11-5-7-13-8-6-12-4-2-10;1-2(4)3(5)6/h11-13H,1-10H2;2,4H,1H3,(H,5,6). The first-order chi connectivity index (χ1) is 9.06. The number of carboxylic acids is 1. The molecule has 116 valence electrons. The van der Waals surface area contributed by atoms with Gasteiger partial charge in [-0.15, -0.1) is 0 Å². The van der Waals surface area contributed by atoms with Crippen molar-refractivity contribution < 1.29 is 15.0 Å². The van der Waals surface area contributed by atoms with E-state index in [2.05, 4.69) is 16.0 Å². The summed E-state index contributed by atoms with van der Waals surface area (Å²) in [6, 6.07) is 0. The van der Waals surface area contributed by atoms with Crippen LogP contribution in [0.3, 0.4) is 0 Å². The summed E-state index contributed by atoms with van der Waals surface area (Å²) >= 11 is 0. The van der Waals surface area contributed by atoms with Crippen LogP contribution in [-0.2, 0) is 4.79 Å². The van der Waals surface area contributed by atoms with Crippen molar-refractivity contribution in [3.05, 3.63) is 0 Å². The summed E-state index contributed by atoms with van der Waals surface area (Å²) in [4.78, 5) is 9.45. The van der Waals surface area contributed by atoms with Gasteiger partial charge in [0.1, 0.15) is 6.10 Å². The van der Waals surface area contributed by atoms with Gasteiger partial charge in [-0.2, -0.15) is 0 Å². The van der Waals surface area contributed by atoms with E-state index in [1.54, 1.807) is 0 Å². The van der Waals surface area contributed by atoms with Crippen LogP contribution in [0.2, 0.25) is 0 Å². The van der Waals surface area contributed by atoms with Gasteiger partial charge in [-0.1, -0.05) is 0 Å². The van der Waals surface area contributed by atoms with E-state index in [0.29, 0.717) is 13.1 Å². The quantitative estimate of drug-likeness (QED) is 0.200. The zero-order valence-corrected chi connectivity index (χ0v) is 11.7. The molecule has 0 rings (SSSR count). The van der Waals surface area contributed by atoms with Gasteiger partial charge in [0.25, 0.3) is 0 Å². The van der Waals surface area contributed by atoms with E-state index in [1.165, 1.54) is 6.92 Å². The highest BCUT2D eigenvalue weighted by Crippen LogP contribution is 1.73. The summed E-state index contributed by atoms with van der Waals surface area (Å²) in [6.45, 7) is 8.34. The number of aliphatic carboxylic acids is 1. The van der Waals surface area contributed by atoms with Crippen LogP contribution in [0.1, 0.15) is 6.92 Å². The molecule has 0 spiro atoms. The van der Waals surface area contributed by atoms with Gasteiger partial charge in [0.2, 0.25) is 0 Å². The molecule has 0 aromatic rings. The molecule has 0 aliphatic heterocycles. The minimum atomic E-state index is -1.23. The van der Waals surface area contributed by atoms with Crippen LogP contribution < -0.4 is 27.4 Å². The summed E-state index contributed by atoms with van der Waals surface area (Å²) in [6.07, 6.45) is -1.23. The number of nitrogens with two attached hydrogens (primary N) is 2. The van der Waals surface area contributed by atoms with E-state index in [1.807, 2.05) is 0 Å². The molecule has 0 aromatic carbocycles. The molecule has 0 fully saturated rings. The molecule has 0 aliphatic carbocycles. The predicted octanol–water partition coefficient (Wildman–Crippen LogP) is -2.88. The number of hydrogen-bond donors (Lipinski definition) is 7. The van der Waals surface area contributed by atoms with Crippen LogP contribution >= 0.6 is 0 Å². The number of rotatable bonds is 11. The Balaban J connectivity index is 0. The second-order valence-corrected chi connectivity index (χ2v) is 3.84. The van der Waals surface area contributed by atoms with Gasteiger partial charge in [0.15, 0.2) is 0 Å². The van der Waals surface area contributed by atoms with E-state index in [9.17, 15) is 4.79 Å². The van der Waals surface area contributed by atoms with Crippen molar-refractivity contribution in [2.24, 2.45) is 11.5 Å². The Morgan fingerprint density at radius 3 is 1.42 bits per heavy atom. The molecule has 0 heterocycles. The van der Waals surface area contributed by atoms with Crippen molar-refractivity contribution in [3.63, 3.8) is 0 Å². The fourth-order valence-electron chi connectivity index (χ4n) is 0.933. The SMILES string of the molecule is CC(O)C(=O)O.NCCNCCNCCNCCN. The number of carbonyl (C=O) groups is 1. The molecule has 8 heteroatoms. The number of aliphatic hydroxyl groups excluding tert-OH is 1. The second kappa shape index (κ2) is 17.2. The number of carboxylic acid groups (broad SMARTS) is 1. The first kappa shape index (κ1) is 20.5. The molecular formula is C11H29N5O3. The molecule has 9 N–H and O–H groups in total. The maximum atomic E-state index is 9.45. The van der Waals surface area contributed by atoms with E-state index in [4.69, 9.17) is 21.7 Å². The minimum absolute atomic E-state index is 0.706. The van der Waals surface area contributed by atoms with Gasteiger partial charge in [-0.05, 0) is 6.92 Å². The van der Waals surface area contributed by atoms with E-state index in [0.717, 1.165) is 39.3 Å². The zero-order chi connectivity index (χ0) is 14.9. The number of nitrogens with one attached hydrogen (secondary N) is 3. The lowest BCUT2D eigenvalue weighted by atomic mass is 10.4. The molecule has 1 unspecified atom stereocenters. The zero-order valence-electron chi connectivity index (χ0n) is 11.7. The molecule has 0 aliphatic rings. The van der Waals surface area contributed by atoms with Crippen LogP contribution in [0.25, 0.3) is 0 Å². The smallest absolute Gasteiger partial charge is 0.332 e. The van der Waals surface area contributed by atoms with Crippen molar-refractivity contribution in [3.8, 4) is 0 Å². The molecule has 0 aromatic heterocycles. The summed E-state index contributed by atoms with van der Waals surface area (Å²) in [7, 11) is 0. The molecular weight excluding hydrogens is 250 g/mol. The first-order valence-corrected chi connectivity index (χ1v) is 6.49. The summed E-state index contributed by atoms with van der Waals surface area (Å²) in [5, 5.41) is 25.5. The third kappa shape index (κ3) is 22.8. The molecule has 0 bridgehead atoms. The summed E-state index contributed by atoms with van der Waals surface area (Å²) < 4.78 is 0. The lowest BCUT2D eigenvalue weighted by Gasteiger charge is -2.06. The van der Waals surface area contributed by atoms with Gasteiger partial charge in [0.05, 0.1) is 0 Å². The third-order valence-electron chi connectivity index (χ3n) is 1.96. The maximum Gasteiger partial charge on any atom is 0.332 e. The predicted molar refractivity (Wildman–Crippen MR) is 76.0 cm³/mol. The monoisotopic (exact) mass is 279 g/mol. The molecule has 0 radical (unpaired) electrons. The molecule has 8 nitrogen and oxygen atoms in total. The Labute approximate surface area is 114 Å². The van der Waals surface area contributed by atoms with Gasteiger partial charge >= 0.3 is 5.97 Å². The fraction of sp³-hybridized carbons (Fsp3) is 0.909. The molecule has 1 atom stereocenters. The average molecular weight is 279 g/mol. The number of hydrogen-bond acceptors (Lipinski definition) is 7. The fourth-order valence-corrected chi connectivity index (χ4v) is 0.933. The Hall–Kier alpha value is -0.770. The van der Waals surface area contributed by atoms with Crippen molar-refractivity contribution in [1.29, 1.82) is 0 Å². The Morgan fingerprint density at radius 2 is 1.21 bits per heavy atom. The lowest BCUT2D eigenvalue weighted by molar-refractivity contribution is -0.145. The van der Waals surface area contributed by atoms with Gasteiger partial charge in [-0.3, -0.25) is 0 Å². The Bertz CT molecular complexity index is 183. The minimum Gasteiger partial charge on any atom is -0.479 e. The lowest BCUT2D eigenvalue weighted by Crippen LogP contribution is -2.35. The second-order valence-electron chi connectivity index (χ2n) is 3.84. The van der Waals surface area contributed by atoms with E-state index >= 15 is 0 Å². The molecule has 0 saturated carbocycles. The van der Waals surface area contributed by atoms with Crippen LogP contribution in [0, 0.1) is 0 Å². The van der Waals surface area contributed by atoms with Gasteiger partial charge in [0, 0.05) is 52.4 Å². The summed E-state index contributed by atoms with van der Waals surface area (Å²) in [5.41, 5.74) is 10.6. The third-order valence-corrected chi connectivity index (χ3v) is 1.96. The van der Waals surface area contributed by atoms with Gasteiger partial charge in [-0.25, -0.2) is 4.79 Å². The normalized spacial score (nSPS) is 11.6. The highest BCUT2D eigenvalue weighted by atomic mass is 16.4. The van der Waals surface area contributed by atoms with Crippen molar-refractivity contribution >= 4 is 5.97 Å². The first-order valence-electron chi connectivity index (χ1n) is 6.49. The van der Waals surface area contributed by atoms with Crippen LogP contribution in [-0.4, -0.2) is 74.6 Å². The largest absolute Gasteiger partial charge is 0.479 e. The van der Waals surface area contributed by atoms with Crippen molar-refractivity contribution in [1.82, 2.24) is 16.0 Å². The van der Waals surface area contributed by atoms with E-state index < -0.39 is 12.1 Å². The average Bonchev–Trinajstić information content (AvgIpc) is 2.37. The number of aliphatic hydroxyl groups is 1. The van der Waals surface area contributed by atoms with Crippen LogP contribution in [0.4, 0.5) is 0 Å². The maximum absolute atomic E-state index is 9.45.